The minimum absolute atomic E-state index is 0.0740. The normalized spacial score (nSPS) is 32.4. The van der Waals surface area contributed by atoms with Crippen LogP contribution in [0.3, 0.4) is 0 Å². The Kier molecular flexibility index (Phi) is 5.53. The van der Waals surface area contributed by atoms with E-state index in [1.54, 1.807) is 0 Å². The third-order valence-electron chi connectivity index (χ3n) is 6.38. The van der Waals surface area contributed by atoms with Gasteiger partial charge in [-0.1, -0.05) is 46.5 Å². The molecule has 0 amide bonds. The smallest absolute Gasteiger partial charge is 0.0555 e. The largest absolute Gasteiger partial charge is 0.393 e. The quantitative estimate of drug-likeness (QED) is 0.793. The molecule has 0 radical (unpaired) electrons. The lowest BCUT2D eigenvalue weighted by molar-refractivity contribution is -0.0115. The molecule has 0 aromatic rings. The molecule has 0 spiro atoms. The minimum Gasteiger partial charge on any atom is -0.393 e. The predicted octanol–water partition coefficient (Wildman–Crippen LogP) is 4.07. The van der Waals surface area contributed by atoms with E-state index in [0.29, 0.717) is 11.5 Å². The van der Waals surface area contributed by atoms with E-state index in [0.717, 1.165) is 24.7 Å². The molecular formula is C18H35NO. The van der Waals surface area contributed by atoms with E-state index in [1.165, 1.54) is 45.1 Å². The number of rotatable bonds is 6. The summed E-state index contributed by atoms with van der Waals surface area (Å²) in [6.45, 7) is 8.37. The molecule has 20 heavy (non-hydrogen) atoms. The lowest BCUT2D eigenvalue weighted by atomic mass is 9.66. The van der Waals surface area contributed by atoms with E-state index in [9.17, 15) is 5.11 Å². The predicted molar refractivity (Wildman–Crippen MR) is 85.8 cm³/mol. The van der Waals surface area contributed by atoms with Crippen LogP contribution in [0.25, 0.3) is 0 Å². The van der Waals surface area contributed by atoms with E-state index in [4.69, 9.17) is 0 Å². The maximum absolute atomic E-state index is 10.1. The number of hydrogen-bond acceptors (Lipinski definition) is 2. The van der Waals surface area contributed by atoms with E-state index >= 15 is 0 Å². The highest BCUT2D eigenvalue weighted by atomic mass is 16.3. The van der Waals surface area contributed by atoms with Crippen LogP contribution in [0, 0.1) is 17.3 Å². The standard InChI is InChI=1S/C18H35NO/c1-5-18(2,3)16-10-9-15(20)13-17(16)19(4)12-11-14-7-6-8-14/h14-17,20H,5-13H2,1-4H3. The molecule has 2 saturated carbocycles. The Bertz CT molecular complexity index is 298. The van der Waals surface area contributed by atoms with Gasteiger partial charge in [0.1, 0.15) is 0 Å². The average molecular weight is 281 g/mol. The number of aliphatic hydroxyl groups excluding tert-OH is 1. The second-order valence-corrected chi connectivity index (χ2v) is 8.05. The third-order valence-corrected chi connectivity index (χ3v) is 6.38. The first-order valence-electron chi connectivity index (χ1n) is 8.82. The third kappa shape index (κ3) is 3.76. The Morgan fingerprint density at radius 2 is 1.85 bits per heavy atom. The average Bonchev–Trinajstić information content (AvgIpc) is 2.36. The molecule has 2 heteroatoms. The lowest BCUT2D eigenvalue weighted by Gasteiger charge is -2.47. The minimum atomic E-state index is -0.0740. The summed E-state index contributed by atoms with van der Waals surface area (Å²) >= 11 is 0. The summed E-state index contributed by atoms with van der Waals surface area (Å²) in [5.41, 5.74) is 0.398. The van der Waals surface area contributed by atoms with Crippen molar-refractivity contribution in [1.82, 2.24) is 4.90 Å². The Morgan fingerprint density at radius 3 is 2.40 bits per heavy atom. The van der Waals surface area contributed by atoms with Gasteiger partial charge in [0, 0.05) is 6.04 Å². The number of aliphatic hydroxyl groups is 1. The Balaban J connectivity index is 1.95. The topological polar surface area (TPSA) is 23.5 Å². The van der Waals surface area contributed by atoms with Gasteiger partial charge in [-0.25, -0.2) is 0 Å². The van der Waals surface area contributed by atoms with Gasteiger partial charge in [0.05, 0.1) is 6.10 Å². The molecule has 2 rings (SSSR count). The summed E-state index contributed by atoms with van der Waals surface area (Å²) < 4.78 is 0. The molecule has 2 fully saturated rings. The Morgan fingerprint density at radius 1 is 1.15 bits per heavy atom. The van der Waals surface area contributed by atoms with Crippen LogP contribution >= 0.6 is 0 Å². The first-order valence-corrected chi connectivity index (χ1v) is 8.82. The lowest BCUT2D eigenvalue weighted by Crippen LogP contribution is -2.49. The van der Waals surface area contributed by atoms with Crippen LogP contribution in [0.1, 0.15) is 72.1 Å². The number of nitrogens with zero attached hydrogens (tertiary/aromatic N) is 1. The van der Waals surface area contributed by atoms with Crippen molar-refractivity contribution in [2.45, 2.75) is 84.3 Å². The van der Waals surface area contributed by atoms with E-state index < -0.39 is 0 Å². The van der Waals surface area contributed by atoms with Crippen molar-refractivity contribution in [3.63, 3.8) is 0 Å². The molecule has 0 aromatic carbocycles. The van der Waals surface area contributed by atoms with Gasteiger partial charge in [0.2, 0.25) is 0 Å². The fourth-order valence-electron chi connectivity index (χ4n) is 4.12. The van der Waals surface area contributed by atoms with Crippen molar-refractivity contribution in [1.29, 1.82) is 0 Å². The molecular weight excluding hydrogens is 246 g/mol. The van der Waals surface area contributed by atoms with Crippen LogP contribution in [0.2, 0.25) is 0 Å². The fraction of sp³-hybridized carbons (Fsp3) is 1.00. The second kappa shape index (κ2) is 6.79. The monoisotopic (exact) mass is 281 g/mol. The van der Waals surface area contributed by atoms with Gasteiger partial charge in [-0.15, -0.1) is 0 Å². The van der Waals surface area contributed by atoms with E-state index in [-0.39, 0.29) is 6.10 Å². The molecule has 2 aliphatic carbocycles. The molecule has 2 aliphatic rings. The van der Waals surface area contributed by atoms with Crippen LogP contribution in [0.15, 0.2) is 0 Å². The van der Waals surface area contributed by atoms with Crippen molar-refractivity contribution in [2.24, 2.45) is 17.3 Å². The van der Waals surface area contributed by atoms with Gasteiger partial charge >= 0.3 is 0 Å². The van der Waals surface area contributed by atoms with Gasteiger partial charge in [-0.3, -0.25) is 0 Å². The molecule has 3 unspecified atom stereocenters. The first kappa shape index (κ1) is 16.3. The molecule has 118 valence electrons. The van der Waals surface area contributed by atoms with E-state index in [2.05, 4.69) is 32.7 Å². The fourth-order valence-corrected chi connectivity index (χ4v) is 4.12. The van der Waals surface area contributed by atoms with Crippen molar-refractivity contribution in [3.8, 4) is 0 Å². The SMILES string of the molecule is CCC(C)(C)C1CCC(O)CC1N(C)CCC1CCC1. The van der Waals surface area contributed by atoms with Gasteiger partial charge < -0.3 is 10.0 Å². The molecule has 1 N–H and O–H groups in total. The van der Waals surface area contributed by atoms with Crippen LogP contribution < -0.4 is 0 Å². The van der Waals surface area contributed by atoms with E-state index in [1.807, 2.05) is 0 Å². The van der Waals surface area contributed by atoms with Gasteiger partial charge in [-0.2, -0.15) is 0 Å². The van der Waals surface area contributed by atoms with Crippen molar-refractivity contribution in [3.05, 3.63) is 0 Å². The highest BCUT2D eigenvalue weighted by molar-refractivity contribution is 4.93. The van der Waals surface area contributed by atoms with Gasteiger partial charge in [0.15, 0.2) is 0 Å². The molecule has 0 heterocycles. The van der Waals surface area contributed by atoms with Crippen molar-refractivity contribution >= 4 is 0 Å². The molecule has 2 nitrogen and oxygen atoms in total. The van der Waals surface area contributed by atoms with Gasteiger partial charge in [0.25, 0.3) is 0 Å². The maximum atomic E-state index is 10.1. The first-order chi connectivity index (χ1) is 9.44. The van der Waals surface area contributed by atoms with Crippen LogP contribution in [0.5, 0.6) is 0 Å². The molecule has 0 bridgehead atoms. The summed E-state index contributed by atoms with van der Waals surface area (Å²) in [4.78, 5) is 2.57. The highest BCUT2D eigenvalue weighted by Gasteiger charge is 2.40. The highest BCUT2D eigenvalue weighted by Crippen LogP contribution is 2.42. The van der Waals surface area contributed by atoms with Crippen molar-refractivity contribution in [2.75, 3.05) is 13.6 Å². The Hall–Kier alpha value is -0.0800. The molecule has 0 saturated heterocycles. The van der Waals surface area contributed by atoms with Gasteiger partial charge in [-0.05, 0) is 56.5 Å². The summed E-state index contributed by atoms with van der Waals surface area (Å²) in [5.74, 6) is 1.73. The summed E-state index contributed by atoms with van der Waals surface area (Å²) in [5, 5.41) is 10.1. The van der Waals surface area contributed by atoms with Crippen LogP contribution in [-0.4, -0.2) is 35.7 Å². The summed E-state index contributed by atoms with van der Waals surface area (Å²) in [6, 6.07) is 0.578. The molecule has 0 aliphatic heterocycles. The van der Waals surface area contributed by atoms with Crippen molar-refractivity contribution < 1.29 is 5.11 Å². The zero-order valence-corrected chi connectivity index (χ0v) is 14.1. The Labute approximate surface area is 125 Å². The molecule has 0 aromatic heterocycles. The zero-order chi connectivity index (χ0) is 14.8. The maximum Gasteiger partial charge on any atom is 0.0555 e. The zero-order valence-electron chi connectivity index (χ0n) is 14.1. The second-order valence-electron chi connectivity index (χ2n) is 8.05. The van der Waals surface area contributed by atoms with Crippen LogP contribution in [0.4, 0.5) is 0 Å². The summed E-state index contributed by atoms with van der Waals surface area (Å²) in [7, 11) is 2.29. The molecule has 3 atom stereocenters. The van der Waals surface area contributed by atoms with Crippen LogP contribution in [-0.2, 0) is 0 Å². The number of hydrogen-bond donors (Lipinski definition) is 1. The summed E-state index contributed by atoms with van der Waals surface area (Å²) in [6.07, 6.45) is 10.0.